The van der Waals surface area contributed by atoms with Gasteiger partial charge in [-0.1, -0.05) is 0 Å². The second-order valence-corrected chi connectivity index (χ2v) is 8.37. The van der Waals surface area contributed by atoms with Gasteiger partial charge in [-0.25, -0.2) is 9.59 Å². The Morgan fingerprint density at radius 2 is 1.67 bits per heavy atom. The third-order valence-corrected chi connectivity index (χ3v) is 4.71. The van der Waals surface area contributed by atoms with E-state index in [9.17, 15) is 9.59 Å². The van der Waals surface area contributed by atoms with E-state index in [0.717, 1.165) is 25.7 Å². The van der Waals surface area contributed by atoms with Gasteiger partial charge in [0.05, 0.1) is 7.11 Å². The van der Waals surface area contributed by atoms with Crippen LogP contribution in [0.15, 0.2) is 0 Å². The first-order valence-corrected chi connectivity index (χ1v) is 8.79. The Labute approximate surface area is 144 Å². The third-order valence-electron chi connectivity index (χ3n) is 4.71. The molecule has 0 radical (unpaired) electrons. The van der Waals surface area contributed by atoms with Crippen molar-refractivity contribution in [2.24, 2.45) is 0 Å². The van der Waals surface area contributed by atoms with Gasteiger partial charge in [0.2, 0.25) is 0 Å². The fourth-order valence-corrected chi connectivity index (χ4v) is 4.23. The van der Waals surface area contributed by atoms with Crippen molar-refractivity contribution < 1.29 is 14.3 Å². The van der Waals surface area contributed by atoms with Crippen LogP contribution >= 0.6 is 0 Å². The highest BCUT2D eigenvalue weighted by Crippen LogP contribution is 2.28. The lowest BCUT2D eigenvalue weighted by molar-refractivity contribution is 0.107. The molecule has 0 saturated carbocycles. The third kappa shape index (κ3) is 5.26. The second-order valence-electron chi connectivity index (χ2n) is 8.37. The summed E-state index contributed by atoms with van der Waals surface area (Å²) in [6, 6.07) is -0.0395. The number of hydrogen-bond donors (Lipinski definition) is 3. The number of nitrogens with zero attached hydrogens (tertiary/aromatic N) is 1. The number of carbonyl (C=O) groups excluding carboxylic acids is 2. The lowest BCUT2D eigenvalue weighted by atomic mass is 9.80. The number of hydrogen-bond acceptors (Lipinski definition) is 4. The van der Waals surface area contributed by atoms with Gasteiger partial charge in [0, 0.05) is 36.3 Å². The van der Waals surface area contributed by atoms with Crippen LogP contribution in [0.25, 0.3) is 0 Å². The number of urea groups is 1. The number of amides is 3. The van der Waals surface area contributed by atoms with Crippen molar-refractivity contribution in [3.8, 4) is 0 Å². The highest BCUT2D eigenvalue weighted by molar-refractivity contribution is 5.75. The summed E-state index contributed by atoms with van der Waals surface area (Å²) in [5.41, 5.74) is -0.0154. The molecule has 7 heteroatoms. The van der Waals surface area contributed by atoms with Crippen molar-refractivity contribution in [1.29, 1.82) is 0 Å². The fraction of sp³-hybridized carbons (Fsp3) is 0.882. The summed E-state index contributed by atoms with van der Waals surface area (Å²) in [4.78, 5) is 25.6. The molecule has 1 atom stereocenters. The maximum Gasteiger partial charge on any atom is 0.409 e. The van der Waals surface area contributed by atoms with E-state index in [1.807, 2.05) is 0 Å². The SMILES string of the molecule is COC(=O)N1CCCC(NC(=O)NC2CC(C)(C)NC(C)(C)C2)C1. The summed E-state index contributed by atoms with van der Waals surface area (Å²) in [7, 11) is 1.38. The summed E-state index contributed by atoms with van der Waals surface area (Å²) >= 11 is 0. The molecule has 0 aromatic heterocycles. The van der Waals surface area contributed by atoms with Crippen LogP contribution < -0.4 is 16.0 Å². The van der Waals surface area contributed by atoms with Gasteiger partial charge >= 0.3 is 12.1 Å². The molecule has 7 nitrogen and oxygen atoms in total. The summed E-state index contributed by atoms with van der Waals surface area (Å²) < 4.78 is 4.76. The highest BCUT2D eigenvalue weighted by atomic mass is 16.5. The maximum absolute atomic E-state index is 12.4. The van der Waals surface area contributed by atoms with Gasteiger partial charge in [-0.05, 0) is 53.4 Å². The van der Waals surface area contributed by atoms with Crippen molar-refractivity contribution in [2.75, 3.05) is 20.2 Å². The van der Waals surface area contributed by atoms with Gasteiger partial charge in [0.15, 0.2) is 0 Å². The van der Waals surface area contributed by atoms with E-state index in [1.54, 1.807) is 4.90 Å². The van der Waals surface area contributed by atoms with Gasteiger partial charge in [-0.15, -0.1) is 0 Å². The Balaban J connectivity index is 1.85. The first-order valence-electron chi connectivity index (χ1n) is 8.79. The molecule has 138 valence electrons. The zero-order valence-corrected chi connectivity index (χ0v) is 15.6. The molecule has 0 aromatic carbocycles. The average molecular weight is 340 g/mol. The van der Waals surface area contributed by atoms with E-state index in [1.165, 1.54) is 7.11 Å². The van der Waals surface area contributed by atoms with Gasteiger partial charge in [0.25, 0.3) is 0 Å². The quantitative estimate of drug-likeness (QED) is 0.716. The number of rotatable bonds is 2. The van der Waals surface area contributed by atoms with Crippen LogP contribution in [0.5, 0.6) is 0 Å². The fourth-order valence-electron chi connectivity index (χ4n) is 4.23. The normalized spacial score (nSPS) is 26.5. The molecule has 2 aliphatic rings. The van der Waals surface area contributed by atoms with Crippen LogP contribution in [0.2, 0.25) is 0 Å². The monoisotopic (exact) mass is 340 g/mol. The Kier molecular flexibility index (Phi) is 5.63. The molecule has 0 aliphatic carbocycles. The summed E-state index contributed by atoms with van der Waals surface area (Å²) in [6.45, 7) is 9.84. The lowest BCUT2D eigenvalue weighted by Gasteiger charge is -2.46. The highest BCUT2D eigenvalue weighted by Gasteiger charge is 2.38. The topological polar surface area (TPSA) is 82.7 Å². The van der Waals surface area contributed by atoms with E-state index in [2.05, 4.69) is 43.6 Å². The van der Waals surface area contributed by atoms with Crippen LogP contribution in [-0.4, -0.2) is 60.4 Å². The molecule has 2 fully saturated rings. The number of methoxy groups -OCH3 is 1. The van der Waals surface area contributed by atoms with Crippen molar-refractivity contribution in [3.05, 3.63) is 0 Å². The van der Waals surface area contributed by atoms with E-state index in [0.29, 0.717) is 13.1 Å². The van der Waals surface area contributed by atoms with Crippen molar-refractivity contribution in [2.45, 2.75) is 76.5 Å². The molecule has 2 rings (SSSR count). The molecule has 3 N–H and O–H groups in total. The predicted octanol–water partition coefficient (Wildman–Crippen LogP) is 1.83. The standard InChI is InChI=1S/C17H32N4O3/c1-16(2)9-13(10-17(3,4)20-16)19-14(22)18-12-7-6-8-21(11-12)15(23)24-5/h12-13,20H,6-11H2,1-5H3,(H2,18,19,22). The minimum atomic E-state index is -0.330. The number of nitrogens with one attached hydrogen (secondary N) is 3. The summed E-state index contributed by atoms with van der Waals surface area (Å²) in [5.74, 6) is 0. The molecule has 1 unspecified atom stereocenters. The van der Waals surface area contributed by atoms with E-state index < -0.39 is 0 Å². The van der Waals surface area contributed by atoms with Gasteiger partial charge in [-0.2, -0.15) is 0 Å². The van der Waals surface area contributed by atoms with Crippen LogP contribution in [0.3, 0.4) is 0 Å². The van der Waals surface area contributed by atoms with Crippen molar-refractivity contribution in [1.82, 2.24) is 20.9 Å². The minimum Gasteiger partial charge on any atom is -0.453 e. The van der Waals surface area contributed by atoms with Crippen molar-refractivity contribution in [3.63, 3.8) is 0 Å². The molecular weight excluding hydrogens is 308 g/mol. The largest absolute Gasteiger partial charge is 0.453 e. The first-order chi connectivity index (χ1) is 11.1. The van der Waals surface area contributed by atoms with E-state index >= 15 is 0 Å². The number of carbonyl (C=O) groups is 2. The van der Waals surface area contributed by atoms with Gasteiger partial charge in [-0.3, -0.25) is 0 Å². The average Bonchev–Trinajstić information content (AvgIpc) is 2.43. The molecular formula is C17H32N4O3. The number of piperidine rings is 2. The Morgan fingerprint density at radius 1 is 1.08 bits per heavy atom. The van der Waals surface area contributed by atoms with Crippen molar-refractivity contribution >= 4 is 12.1 Å². The van der Waals surface area contributed by atoms with Gasteiger partial charge < -0.3 is 25.6 Å². The van der Waals surface area contributed by atoms with E-state index in [-0.39, 0.29) is 35.3 Å². The predicted molar refractivity (Wildman–Crippen MR) is 93.0 cm³/mol. The van der Waals surface area contributed by atoms with Crippen LogP contribution in [0, 0.1) is 0 Å². The molecule has 0 aromatic rings. The zero-order valence-electron chi connectivity index (χ0n) is 15.6. The molecule has 2 aliphatic heterocycles. The Hall–Kier alpha value is -1.50. The van der Waals surface area contributed by atoms with Crippen LogP contribution in [0.4, 0.5) is 9.59 Å². The number of ether oxygens (including phenoxy) is 1. The second kappa shape index (κ2) is 7.17. The summed E-state index contributed by atoms with van der Waals surface area (Å²) in [5, 5.41) is 9.73. The molecule has 2 saturated heterocycles. The minimum absolute atomic E-state index is 0.00772. The molecule has 24 heavy (non-hydrogen) atoms. The Bertz CT molecular complexity index is 462. The number of likely N-dealkylation sites (tertiary alicyclic amines) is 1. The molecule has 0 spiro atoms. The zero-order chi connectivity index (χ0) is 18.0. The van der Waals surface area contributed by atoms with Crippen LogP contribution in [-0.2, 0) is 4.74 Å². The smallest absolute Gasteiger partial charge is 0.409 e. The first kappa shape index (κ1) is 18.8. The maximum atomic E-state index is 12.4. The molecule has 2 heterocycles. The van der Waals surface area contributed by atoms with Gasteiger partial charge in [0.1, 0.15) is 0 Å². The molecule has 3 amide bonds. The Morgan fingerprint density at radius 3 is 2.25 bits per heavy atom. The van der Waals surface area contributed by atoms with E-state index in [4.69, 9.17) is 4.74 Å². The molecule has 0 bridgehead atoms. The summed E-state index contributed by atoms with van der Waals surface area (Å²) in [6.07, 6.45) is 3.20. The van der Waals surface area contributed by atoms with Crippen LogP contribution in [0.1, 0.15) is 53.4 Å². The lowest BCUT2D eigenvalue weighted by Crippen LogP contribution is -2.63.